The molecule has 0 aromatic heterocycles. The normalized spacial score (nSPS) is 18.9. The van der Waals surface area contributed by atoms with Crippen LogP contribution in [0.4, 0.5) is 0 Å². The molecule has 2 rings (SSSR count). The molecule has 0 saturated carbocycles. The first-order valence-corrected chi connectivity index (χ1v) is 8.00. The number of hydrogen-bond acceptors (Lipinski definition) is 2. The highest BCUT2D eigenvalue weighted by Gasteiger charge is 2.39. The van der Waals surface area contributed by atoms with E-state index in [1.807, 2.05) is 12.1 Å². The molecule has 1 aliphatic rings. The van der Waals surface area contributed by atoms with Crippen molar-refractivity contribution in [3.63, 3.8) is 0 Å². The second-order valence-electron chi connectivity index (χ2n) is 6.10. The summed E-state index contributed by atoms with van der Waals surface area (Å²) in [6.45, 7) is 8.54. The lowest BCUT2D eigenvalue weighted by atomic mass is 9.86. The van der Waals surface area contributed by atoms with Gasteiger partial charge in [0.2, 0.25) is 0 Å². The van der Waals surface area contributed by atoms with Gasteiger partial charge in [0.1, 0.15) is 0 Å². The van der Waals surface area contributed by atoms with Gasteiger partial charge in [0, 0.05) is 5.56 Å². The van der Waals surface area contributed by atoms with Crippen molar-refractivity contribution in [2.45, 2.75) is 58.4 Å². The average Bonchev–Trinajstić information content (AvgIpc) is 3.01. The first-order chi connectivity index (χ1) is 9.61. The minimum absolute atomic E-state index is 0.282. The summed E-state index contributed by atoms with van der Waals surface area (Å²) in [4.78, 5) is 15.3. The zero-order valence-electron chi connectivity index (χ0n) is 13.1. The van der Waals surface area contributed by atoms with Crippen LogP contribution in [0.15, 0.2) is 24.3 Å². The van der Waals surface area contributed by atoms with Gasteiger partial charge in [0.25, 0.3) is 0 Å². The van der Waals surface area contributed by atoms with Gasteiger partial charge in [-0.25, -0.2) is 0 Å². The molecule has 2 nitrogen and oxygen atoms in total. The van der Waals surface area contributed by atoms with Crippen molar-refractivity contribution >= 4 is 5.78 Å². The molecule has 0 amide bonds. The number of ketones is 1. The summed E-state index contributed by atoms with van der Waals surface area (Å²) in [5.41, 5.74) is 1.85. The Balaban J connectivity index is 2.19. The van der Waals surface area contributed by atoms with Crippen LogP contribution in [0.25, 0.3) is 0 Å². The number of carbonyl (C=O) groups excluding carboxylic acids is 1. The van der Waals surface area contributed by atoms with Crippen molar-refractivity contribution in [2.24, 2.45) is 0 Å². The molecule has 1 heterocycles. The third-order valence-electron chi connectivity index (χ3n) is 4.74. The van der Waals surface area contributed by atoms with E-state index in [1.54, 1.807) is 0 Å². The SMILES string of the molecule is CCCc1ccc(C(=O)C(C)(CC)N2CCCC2)cc1. The number of aryl methyl sites for hydroxylation is 1. The van der Waals surface area contributed by atoms with Crippen molar-refractivity contribution in [1.29, 1.82) is 0 Å². The first-order valence-electron chi connectivity index (χ1n) is 8.00. The molecule has 0 aliphatic carbocycles. The topological polar surface area (TPSA) is 20.3 Å². The second-order valence-corrected chi connectivity index (χ2v) is 6.10. The van der Waals surface area contributed by atoms with Gasteiger partial charge in [0.15, 0.2) is 5.78 Å². The van der Waals surface area contributed by atoms with Gasteiger partial charge < -0.3 is 0 Å². The quantitative estimate of drug-likeness (QED) is 0.728. The molecule has 1 atom stereocenters. The van der Waals surface area contributed by atoms with Gasteiger partial charge in [-0.3, -0.25) is 9.69 Å². The van der Waals surface area contributed by atoms with Crippen molar-refractivity contribution in [3.05, 3.63) is 35.4 Å². The Bertz CT molecular complexity index is 445. The summed E-state index contributed by atoms with van der Waals surface area (Å²) in [7, 11) is 0. The summed E-state index contributed by atoms with van der Waals surface area (Å²) in [5.74, 6) is 0.282. The lowest BCUT2D eigenvalue weighted by Crippen LogP contribution is -2.50. The van der Waals surface area contributed by atoms with E-state index >= 15 is 0 Å². The number of likely N-dealkylation sites (tertiary alicyclic amines) is 1. The van der Waals surface area contributed by atoms with E-state index in [1.165, 1.54) is 18.4 Å². The molecule has 0 spiro atoms. The summed E-state index contributed by atoms with van der Waals surface area (Å²) in [5, 5.41) is 0. The molecule has 2 heteroatoms. The van der Waals surface area contributed by atoms with Crippen LogP contribution in [0.5, 0.6) is 0 Å². The summed E-state index contributed by atoms with van der Waals surface area (Å²) < 4.78 is 0. The molecule has 20 heavy (non-hydrogen) atoms. The van der Waals surface area contributed by atoms with E-state index in [0.717, 1.165) is 37.9 Å². The number of rotatable bonds is 6. The molecule has 1 fully saturated rings. The summed E-state index contributed by atoms with van der Waals surface area (Å²) >= 11 is 0. The zero-order chi connectivity index (χ0) is 14.6. The lowest BCUT2D eigenvalue weighted by Gasteiger charge is -2.36. The highest BCUT2D eigenvalue weighted by molar-refractivity contribution is 6.03. The van der Waals surface area contributed by atoms with E-state index in [-0.39, 0.29) is 11.3 Å². The maximum absolute atomic E-state index is 12.9. The number of benzene rings is 1. The van der Waals surface area contributed by atoms with Crippen LogP contribution in [-0.4, -0.2) is 29.3 Å². The minimum atomic E-state index is -0.331. The molecule has 0 radical (unpaired) electrons. The molecular formula is C18H27NO. The Morgan fingerprint density at radius 2 is 1.75 bits per heavy atom. The number of nitrogens with zero attached hydrogens (tertiary/aromatic N) is 1. The second kappa shape index (κ2) is 6.53. The Kier molecular flexibility index (Phi) is 4.98. The standard InChI is InChI=1S/C18H27NO/c1-4-8-15-9-11-16(12-10-15)17(20)18(3,5-2)19-13-6-7-14-19/h9-12H,4-8,13-14H2,1-3H3. The summed E-state index contributed by atoms with van der Waals surface area (Å²) in [6.07, 6.45) is 5.55. The predicted molar refractivity (Wildman–Crippen MR) is 84.3 cm³/mol. The van der Waals surface area contributed by atoms with Crippen molar-refractivity contribution in [1.82, 2.24) is 4.90 Å². The zero-order valence-corrected chi connectivity index (χ0v) is 13.1. The molecule has 0 N–H and O–H groups in total. The number of Topliss-reactive ketones (excluding diaryl/α,β-unsaturated/α-hetero) is 1. The van der Waals surface area contributed by atoms with Crippen LogP contribution in [0.2, 0.25) is 0 Å². The van der Waals surface area contributed by atoms with Gasteiger partial charge >= 0.3 is 0 Å². The van der Waals surface area contributed by atoms with Crippen LogP contribution in [0.3, 0.4) is 0 Å². The fraction of sp³-hybridized carbons (Fsp3) is 0.611. The van der Waals surface area contributed by atoms with Crippen molar-refractivity contribution < 1.29 is 4.79 Å². The van der Waals surface area contributed by atoms with Gasteiger partial charge in [0.05, 0.1) is 5.54 Å². The van der Waals surface area contributed by atoms with Crippen LogP contribution < -0.4 is 0 Å². The van der Waals surface area contributed by atoms with Gasteiger partial charge in [-0.15, -0.1) is 0 Å². The molecule has 1 aliphatic heterocycles. The van der Waals surface area contributed by atoms with Crippen molar-refractivity contribution in [3.8, 4) is 0 Å². The van der Waals surface area contributed by atoms with Gasteiger partial charge in [-0.05, 0) is 51.3 Å². The van der Waals surface area contributed by atoms with E-state index in [4.69, 9.17) is 0 Å². The highest BCUT2D eigenvalue weighted by atomic mass is 16.1. The predicted octanol–water partition coefficient (Wildman–Crippen LogP) is 4.09. The number of carbonyl (C=O) groups is 1. The molecule has 110 valence electrons. The molecule has 1 aromatic carbocycles. The molecular weight excluding hydrogens is 246 g/mol. The third kappa shape index (κ3) is 2.95. The van der Waals surface area contributed by atoms with Crippen LogP contribution in [0.1, 0.15) is 62.4 Å². The summed E-state index contributed by atoms with van der Waals surface area (Å²) in [6, 6.07) is 8.24. The van der Waals surface area contributed by atoms with Crippen molar-refractivity contribution in [2.75, 3.05) is 13.1 Å². The fourth-order valence-electron chi connectivity index (χ4n) is 3.16. The maximum atomic E-state index is 12.9. The lowest BCUT2D eigenvalue weighted by molar-refractivity contribution is 0.0647. The van der Waals surface area contributed by atoms with Gasteiger partial charge in [-0.2, -0.15) is 0 Å². The number of hydrogen-bond donors (Lipinski definition) is 0. The first kappa shape index (κ1) is 15.2. The maximum Gasteiger partial charge on any atom is 0.182 e. The van der Waals surface area contributed by atoms with Gasteiger partial charge in [-0.1, -0.05) is 44.5 Å². The largest absolute Gasteiger partial charge is 0.292 e. The Morgan fingerprint density at radius 3 is 2.25 bits per heavy atom. The van der Waals surface area contributed by atoms with E-state index < -0.39 is 0 Å². The Hall–Kier alpha value is -1.15. The van der Waals surface area contributed by atoms with E-state index in [0.29, 0.717) is 0 Å². The van der Waals surface area contributed by atoms with E-state index in [2.05, 4.69) is 37.8 Å². The smallest absolute Gasteiger partial charge is 0.182 e. The Morgan fingerprint density at radius 1 is 1.15 bits per heavy atom. The molecule has 1 unspecified atom stereocenters. The van der Waals surface area contributed by atoms with Crippen LogP contribution >= 0.6 is 0 Å². The molecule has 1 aromatic rings. The fourth-order valence-corrected chi connectivity index (χ4v) is 3.16. The minimum Gasteiger partial charge on any atom is -0.292 e. The van der Waals surface area contributed by atoms with E-state index in [9.17, 15) is 4.79 Å². The Labute approximate surface area is 123 Å². The molecule has 1 saturated heterocycles. The molecule has 0 bridgehead atoms. The average molecular weight is 273 g/mol. The third-order valence-corrected chi connectivity index (χ3v) is 4.74. The van der Waals surface area contributed by atoms with Crippen LogP contribution in [0, 0.1) is 0 Å². The van der Waals surface area contributed by atoms with Crippen LogP contribution in [-0.2, 0) is 6.42 Å². The highest BCUT2D eigenvalue weighted by Crippen LogP contribution is 2.28. The monoisotopic (exact) mass is 273 g/mol.